The molecule has 0 aliphatic carbocycles. The highest BCUT2D eigenvalue weighted by molar-refractivity contribution is 4.82. The Bertz CT molecular complexity index is 195. The van der Waals surface area contributed by atoms with E-state index in [4.69, 9.17) is 0 Å². The molecule has 1 atom stereocenters. The molecule has 1 aliphatic rings. The van der Waals surface area contributed by atoms with Crippen molar-refractivity contribution >= 4 is 0 Å². The molecule has 0 aromatic rings. The number of hydrogen-bond donors (Lipinski definition) is 1. The van der Waals surface area contributed by atoms with E-state index in [9.17, 15) is 0 Å². The molecule has 1 aliphatic heterocycles. The molecule has 0 aromatic carbocycles. The molecule has 0 aromatic heterocycles. The molecule has 1 heterocycles. The van der Waals surface area contributed by atoms with Crippen LogP contribution in [0.25, 0.3) is 0 Å². The Morgan fingerprint density at radius 1 is 1.22 bits per heavy atom. The highest BCUT2D eigenvalue weighted by Crippen LogP contribution is 2.18. The molecule has 0 amide bonds. The van der Waals surface area contributed by atoms with Gasteiger partial charge in [0.25, 0.3) is 0 Å². The first-order chi connectivity index (χ1) is 8.72. The largest absolute Gasteiger partial charge is 0.315 e. The predicted octanol–water partition coefficient (Wildman–Crippen LogP) is 2.18. The van der Waals surface area contributed by atoms with Gasteiger partial charge in [-0.2, -0.15) is 0 Å². The topological polar surface area (TPSA) is 18.5 Å². The number of likely N-dealkylation sites (tertiary alicyclic amines) is 1. The molecule has 108 valence electrons. The molecular weight excluding hydrogens is 222 g/mol. The van der Waals surface area contributed by atoms with E-state index in [1.807, 2.05) is 0 Å². The molecule has 1 fully saturated rings. The number of nitrogens with one attached hydrogen (secondary N) is 1. The molecule has 0 radical (unpaired) electrons. The summed E-state index contributed by atoms with van der Waals surface area (Å²) < 4.78 is 0. The van der Waals surface area contributed by atoms with Crippen LogP contribution in [0.3, 0.4) is 0 Å². The predicted molar refractivity (Wildman–Crippen MR) is 80.1 cm³/mol. The molecule has 1 rings (SSSR count). The summed E-state index contributed by atoms with van der Waals surface area (Å²) in [4.78, 5) is 5.20. The van der Waals surface area contributed by atoms with Crippen LogP contribution in [0, 0.1) is 0 Å². The summed E-state index contributed by atoms with van der Waals surface area (Å²) in [6.45, 7) is 12.9. The van der Waals surface area contributed by atoms with Gasteiger partial charge < -0.3 is 10.2 Å². The number of hydrogen-bond acceptors (Lipinski definition) is 3. The maximum Gasteiger partial charge on any atom is 0.0217 e. The normalized spacial score (nSPS) is 20.5. The first-order valence-electron chi connectivity index (χ1n) is 7.87. The van der Waals surface area contributed by atoms with Crippen LogP contribution >= 0.6 is 0 Å². The lowest BCUT2D eigenvalue weighted by molar-refractivity contribution is 0.0958. The van der Waals surface area contributed by atoms with Gasteiger partial charge >= 0.3 is 0 Å². The fourth-order valence-electron chi connectivity index (χ4n) is 2.96. The third-order valence-corrected chi connectivity index (χ3v) is 4.43. The van der Waals surface area contributed by atoms with Crippen LogP contribution in [0.2, 0.25) is 0 Å². The zero-order valence-corrected chi connectivity index (χ0v) is 12.9. The Hall–Kier alpha value is -0.120. The molecule has 3 nitrogen and oxygen atoms in total. The molecule has 1 saturated heterocycles. The number of piperidine rings is 1. The van der Waals surface area contributed by atoms with Crippen LogP contribution in [-0.4, -0.2) is 61.7 Å². The smallest absolute Gasteiger partial charge is 0.0217 e. The quantitative estimate of drug-likeness (QED) is 0.671. The molecule has 0 spiro atoms. The van der Waals surface area contributed by atoms with Gasteiger partial charge in [-0.15, -0.1) is 0 Å². The van der Waals surface area contributed by atoms with E-state index < -0.39 is 0 Å². The minimum absolute atomic E-state index is 0.703. The van der Waals surface area contributed by atoms with Crippen molar-refractivity contribution in [3.63, 3.8) is 0 Å². The van der Waals surface area contributed by atoms with Crippen LogP contribution < -0.4 is 5.32 Å². The SMILES string of the molecule is CCCNCC(CC)N(C)C1CCN(CC)CC1. The highest BCUT2D eigenvalue weighted by Gasteiger charge is 2.25. The van der Waals surface area contributed by atoms with Crippen LogP contribution in [0.15, 0.2) is 0 Å². The summed E-state index contributed by atoms with van der Waals surface area (Å²) >= 11 is 0. The molecule has 1 unspecified atom stereocenters. The summed E-state index contributed by atoms with van der Waals surface area (Å²) in [6, 6.07) is 1.50. The monoisotopic (exact) mass is 255 g/mol. The van der Waals surface area contributed by atoms with Gasteiger partial charge in [-0.1, -0.05) is 20.8 Å². The Morgan fingerprint density at radius 3 is 2.39 bits per heavy atom. The average molecular weight is 255 g/mol. The van der Waals surface area contributed by atoms with Gasteiger partial charge in [0, 0.05) is 18.6 Å². The molecule has 0 bridgehead atoms. The number of likely N-dealkylation sites (N-methyl/N-ethyl adjacent to an activating group) is 1. The van der Waals surface area contributed by atoms with Crippen LogP contribution in [0.5, 0.6) is 0 Å². The molecule has 0 saturated carbocycles. The fourth-order valence-corrected chi connectivity index (χ4v) is 2.96. The van der Waals surface area contributed by atoms with Crippen molar-refractivity contribution in [3.05, 3.63) is 0 Å². The zero-order valence-electron chi connectivity index (χ0n) is 12.9. The Labute approximate surface area is 114 Å². The van der Waals surface area contributed by atoms with Crippen molar-refractivity contribution < 1.29 is 0 Å². The standard InChI is InChI=1S/C15H33N3/c1-5-10-16-13-14(6-2)17(4)15-8-11-18(7-3)12-9-15/h14-16H,5-13H2,1-4H3. The van der Waals surface area contributed by atoms with E-state index in [0.29, 0.717) is 6.04 Å². The first kappa shape index (κ1) is 15.9. The van der Waals surface area contributed by atoms with E-state index in [-0.39, 0.29) is 0 Å². The summed E-state index contributed by atoms with van der Waals surface area (Å²) in [5, 5.41) is 3.57. The van der Waals surface area contributed by atoms with E-state index in [1.165, 1.54) is 45.3 Å². The van der Waals surface area contributed by atoms with E-state index in [1.54, 1.807) is 0 Å². The van der Waals surface area contributed by atoms with E-state index in [2.05, 4.69) is 42.9 Å². The summed E-state index contributed by atoms with van der Waals surface area (Å²) in [7, 11) is 2.33. The summed E-state index contributed by atoms with van der Waals surface area (Å²) in [6.07, 6.45) is 5.17. The fraction of sp³-hybridized carbons (Fsp3) is 1.00. The van der Waals surface area contributed by atoms with Gasteiger partial charge in [0.05, 0.1) is 0 Å². The second kappa shape index (κ2) is 8.89. The van der Waals surface area contributed by atoms with Crippen LogP contribution in [0.1, 0.15) is 46.5 Å². The van der Waals surface area contributed by atoms with Crippen molar-refractivity contribution in [2.75, 3.05) is 39.8 Å². The van der Waals surface area contributed by atoms with Gasteiger partial charge in [-0.3, -0.25) is 4.90 Å². The lowest BCUT2D eigenvalue weighted by Gasteiger charge is -2.40. The number of rotatable bonds is 8. The van der Waals surface area contributed by atoms with Crippen molar-refractivity contribution in [3.8, 4) is 0 Å². The molecular formula is C15H33N3. The molecule has 18 heavy (non-hydrogen) atoms. The van der Waals surface area contributed by atoms with E-state index >= 15 is 0 Å². The number of nitrogens with zero attached hydrogens (tertiary/aromatic N) is 2. The summed E-state index contributed by atoms with van der Waals surface area (Å²) in [5.74, 6) is 0. The lowest BCUT2D eigenvalue weighted by atomic mass is 10.0. The zero-order chi connectivity index (χ0) is 13.4. The van der Waals surface area contributed by atoms with Gasteiger partial charge in [-0.25, -0.2) is 0 Å². The third-order valence-electron chi connectivity index (χ3n) is 4.43. The van der Waals surface area contributed by atoms with Gasteiger partial charge in [0.1, 0.15) is 0 Å². The third kappa shape index (κ3) is 4.87. The van der Waals surface area contributed by atoms with E-state index in [0.717, 1.165) is 19.1 Å². The highest BCUT2D eigenvalue weighted by atomic mass is 15.2. The van der Waals surface area contributed by atoms with Crippen molar-refractivity contribution in [2.24, 2.45) is 0 Å². The Kier molecular flexibility index (Phi) is 7.87. The van der Waals surface area contributed by atoms with Crippen molar-refractivity contribution in [2.45, 2.75) is 58.5 Å². The maximum absolute atomic E-state index is 3.57. The van der Waals surface area contributed by atoms with Gasteiger partial charge in [0.15, 0.2) is 0 Å². The molecule has 3 heteroatoms. The lowest BCUT2D eigenvalue weighted by Crippen LogP contribution is -2.49. The Morgan fingerprint density at radius 2 is 1.89 bits per heavy atom. The van der Waals surface area contributed by atoms with Gasteiger partial charge in [-0.05, 0) is 58.9 Å². The minimum atomic E-state index is 0.703. The second-order valence-electron chi connectivity index (χ2n) is 5.60. The second-order valence-corrected chi connectivity index (χ2v) is 5.60. The van der Waals surface area contributed by atoms with Crippen LogP contribution in [-0.2, 0) is 0 Å². The average Bonchev–Trinajstić information content (AvgIpc) is 2.43. The maximum atomic E-state index is 3.57. The van der Waals surface area contributed by atoms with Crippen LogP contribution in [0.4, 0.5) is 0 Å². The summed E-state index contributed by atoms with van der Waals surface area (Å²) in [5.41, 5.74) is 0. The van der Waals surface area contributed by atoms with Crippen molar-refractivity contribution in [1.82, 2.24) is 15.1 Å². The molecule has 1 N–H and O–H groups in total. The minimum Gasteiger partial charge on any atom is -0.315 e. The Balaban J connectivity index is 2.34. The first-order valence-corrected chi connectivity index (χ1v) is 7.87. The van der Waals surface area contributed by atoms with Crippen molar-refractivity contribution in [1.29, 1.82) is 0 Å². The van der Waals surface area contributed by atoms with Gasteiger partial charge in [0.2, 0.25) is 0 Å².